The quantitative estimate of drug-likeness (QED) is 0.645. The van der Waals surface area contributed by atoms with Crippen molar-refractivity contribution in [3.63, 3.8) is 0 Å². The molecule has 1 aliphatic rings. The zero-order valence-electron chi connectivity index (χ0n) is 9.29. The van der Waals surface area contributed by atoms with E-state index in [4.69, 9.17) is 5.11 Å². The molecule has 1 saturated heterocycles. The third-order valence-corrected chi connectivity index (χ3v) is 4.39. The first-order chi connectivity index (χ1) is 8.02. The van der Waals surface area contributed by atoms with Gasteiger partial charge in [0.15, 0.2) is 0 Å². The minimum Gasteiger partial charge on any atom is -0.395 e. The maximum absolute atomic E-state index is 11.6. The topological polar surface area (TPSA) is 95.3 Å². The summed E-state index contributed by atoms with van der Waals surface area (Å²) in [5.74, 6) is 0. The fourth-order valence-electron chi connectivity index (χ4n) is 1.85. The molecule has 0 aliphatic carbocycles. The lowest BCUT2D eigenvalue weighted by Gasteiger charge is -2.13. The van der Waals surface area contributed by atoms with Crippen LogP contribution in [0.3, 0.4) is 0 Å². The lowest BCUT2D eigenvalue weighted by molar-refractivity contribution is 0.137. The summed E-state index contributed by atoms with van der Waals surface area (Å²) >= 11 is 1.34. The SMILES string of the molecule is Cc1cn([C@@H]2C[C@H](O)[C@@H](CO)S2)c(=O)[nH]c1=O. The minimum atomic E-state index is -0.630. The Morgan fingerprint density at radius 2 is 2.29 bits per heavy atom. The van der Waals surface area contributed by atoms with Crippen molar-refractivity contribution < 1.29 is 10.2 Å². The van der Waals surface area contributed by atoms with E-state index in [1.165, 1.54) is 22.5 Å². The number of aliphatic hydroxyl groups is 2. The van der Waals surface area contributed by atoms with Gasteiger partial charge in [-0.2, -0.15) is 0 Å². The molecule has 2 heterocycles. The molecule has 3 atom stereocenters. The van der Waals surface area contributed by atoms with E-state index in [0.717, 1.165) is 0 Å². The second-order valence-electron chi connectivity index (χ2n) is 4.09. The molecule has 1 fully saturated rings. The highest BCUT2D eigenvalue weighted by atomic mass is 32.2. The Balaban J connectivity index is 2.34. The van der Waals surface area contributed by atoms with Crippen LogP contribution in [0.25, 0.3) is 0 Å². The van der Waals surface area contributed by atoms with Crippen molar-refractivity contribution in [2.75, 3.05) is 6.61 Å². The summed E-state index contributed by atoms with van der Waals surface area (Å²) < 4.78 is 1.40. The van der Waals surface area contributed by atoms with Crippen molar-refractivity contribution in [2.24, 2.45) is 0 Å². The Labute approximate surface area is 101 Å². The first kappa shape index (κ1) is 12.4. The molecule has 2 rings (SSSR count). The van der Waals surface area contributed by atoms with Gasteiger partial charge in [0.2, 0.25) is 0 Å². The maximum atomic E-state index is 11.6. The number of aryl methyl sites for hydroxylation is 1. The number of nitrogens with one attached hydrogen (secondary N) is 1. The normalized spacial score (nSPS) is 28.5. The van der Waals surface area contributed by atoms with Crippen LogP contribution in [0.2, 0.25) is 0 Å². The Bertz CT molecular complexity index is 524. The van der Waals surface area contributed by atoms with Crippen LogP contribution in [0.4, 0.5) is 0 Å². The van der Waals surface area contributed by atoms with Crippen LogP contribution < -0.4 is 11.2 Å². The van der Waals surface area contributed by atoms with Crippen LogP contribution in [0, 0.1) is 6.92 Å². The van der Waals surface area contributed by atoms with E-state index in [2.05, 4.69) is 4.98 Å². The zero-order valence-corrected chi connectivity index (χ0v) is 10.1. The highest BCUT2D eigenvalue weighted by Crippen LogP contribution is 2.40. The molecule has 94 valence electrons. The van der Waals surface area contributed by atoms with Crippen LogP contribution in [0.15, 0.2) is 15.8 Å². The average molecular weight is 258 g/mol. The summed E-state index contributed by atoms with van der Waals surface area (Å²) in [5.41, 5.74) is -0.426. The summed E-state index contributed by atoms with van der Waals surface area (Å²) in [6, 6.07) is 0. The van der Waals surface area contributed by atoms with Gasteiger partial charge in [-0.25, -0.2) is 4.79 Å². The number of thioether (sulfide) groups is 1. The number of nitrogens with zero attached hydrogens (tertiary/aromatic N) is 1. The highest BCUT2D eigenvalue weighted by Gasteiger charge is 2.34. The maximum Gasteiger partial charge on any atom is 0.329 e. The van der Waals surface area contributed by atoms with Crippen molar-refractivity contribution in [1.29, 1.82) is 0 Å². The molecular weight excluding hydrogens is 244 g/mol. The first-order valence-corrected chi connectivity index (χ1v) is 6.23. The van der Waals surface area contributed by atoms with E-state index < -0.39 is 17.4 Å². The number of aromatic amines is 1. The van der Waals surface area contributed by atoms with Gasteiger partial charge >= 0.3 is 5.69 Å². The van der Waals surface area contributed by atoms with Crippen LogP contribution in [-0.4, -0.2) is 37.7 Å². The predicted molar refractivity (Wildman–Crippen MR) is 64.2 cm³/mol. The molecule has 1 aromatic rings. The van der Waals surface area contributed by atoms with E-state index in [9.17, 15) is 14.7 Å². The van der Waals surface area contributed by atoms with Gasteiger partial charge in [0.25, 0.3) is 5.56 Å². The van der Waals surface area contributed by atoms with E-state index in [-0.39, 0.29) is 17.2 Å². The smallest absolute Gasteiger partial charge is 0.329 e. The van der Waals surface area contributed by atoms with E-state index in [1.54, 1.807) is 6.92 Å². The molecule has 3 N–H and O–H groups in total. The third kappa shape index (κ3) is 2.31. The second-order valence-corrected chi connectivity index (χ2v) is 5.52. The van der Waals surface area contributed by atoms with Gasteiger partial charge in [-0.1, -0.05) is 0 Å². The van der Waals surface area contributed by atoms with Crippen molar-refractivity contribution in [2.45, 2.75) is 30.1 Å². The molecule has 0 unspecified atom stereocenters. The van der Waals surface area contributed by atoms with Crippen LogP contribution in [0.1, 0.15) is 17.4 Å². The van der Waals surface area contributed by atoms with Gasteiger partial charge < -0.3 is 10.2 Å². The molecular formula is C10H14N2O4S. The predicted octanol–water partition coefficient (Wildman–Crippen LogP) is -0.798. The second kappa shape index (κ2) is 4.67. The first-order valence-electron chi connectivity index (χ1n) is 5.29. The molecule has 1 aliphatic heterocycles. The number of hydrogen-bond acceptors (Lipinski definition) is 5. The van der Waals surface area contributed by atoms with Gasteiger partial charge in [-0.3, -0.25) is 14.3 Å². The molecule has 0 radical (unpaired) electrons. The minimum absolute atomic E-state index is 0.126. The van der Waals surface area contributed by atoms with E-state index >= 15 is 0 Å². The molecule has 1 aromatic heterocycles. The number of aromatic nitrogens is 2. The van der Waals surface area contributed by atoms with Crippen LogP contribution in [0.5, 0.6) is 0 Å². The van der Waals surface area contributed by atoms with Gasteiger partial charge in [-0.05, 0) is 6.92 Å². The van der Waals surface area contributed by atoms with Crippen LogP contribution in [-0.2, 0) is 0 Å². The highest BCUT2D eigenvalue weighted by molar-refractivity contribution is 8.00. The lowest BCUT2D eigenvalue weighted by Crippen LogP contribution is -2.32. The lowest BCUT2D eigenvalue weighted by atomic mass is 10.2. The molecule has 0 aromatic carbocycles. The third-order valence-electron chi connectivity index (χ3n) is 2.84. The standard InChI is InChI=1S/C10H14N2O4S/c1-5-3-12(10(16)11-9(5)15)8-2-6(14)7(4-13)17-8/h3,6-8,13-14H,2,4H2,1H3,(H,11,15,16)/t6-,7+,8-/m0/s1. The molecule has 6 nitrogen and oxygen atoms in total. The number of aliphatic hydroxyl groups excluding tert-OH is 2. The van der Waals surface area contributed by atoms with Gasteiger partial charge in [0.1, 0.15) is 0 Å². The Morgan fingerprint density at radius 3 is 2.88 bits per heavy atom. The Hall–Kier alpha value is -1.05. The van der Waals surface area contributed by atoms with Gasteiger partial charge in [0.05, 0.1) is 23.3 Å². The summed E-state index contributed by atoms with van der Waals surface area (Å²) in [5, 5.41) is 18.2. The zero-order chi connectivity index (χ0) is 12.6. The fraction of sp³-hybridized carbons (Fsp3) is 0.600. The van der Waals surface area contributed by atoms with Crippen molar-refractivity contribution in [3.8, 4) is 0 Å². The fourth-order valence-corrected chi connectivity index (χ4v) is 3.23. The molecule has 0 saturated carbocycles. The molecule has 17 heavy (non-hydrogen) atoms. The van der Waals surface area contributed by atoms with Crippen molar-refractivity contribution in [3.05, 3.63) is 32.6 Å². The van der Waals surface area contributed by atoms with Gasteiger partial charge in [-0.15, -0.1) is 11.8 Å². The monoisotopic (exact) mass is 258 g/mol. The van der Waals surface area contributed by atoms with Gasteiger partial charge in [0, 0.05) is 18.2 Å². The van der Waals surface area contributed by atoms with Crippen molar-refractivity contribution in [1.82, 2.24) is 9.55 Å². The number of H-pyrrole nitrogens is 1. The molecule has 7 heteroatoms. The summed E-state index contributed by atoms with van der Waals surface area (Å²) in [6.45, 7) is 1.49. The Morgan fingerprint density at radius 1 is 1.59 bits per heavy atom. The number of rotatable bonds is 2. The summed E-state index contributed by atoms with van der Waals surface area (Å²) in [4.78, 5) is 25.1. The molecule has 0 amide bonds. The average Bonchev–Trinajstić information content (AvgIpc) is 2.65. The molecule has 0 bridgehead atoms. The summed E-state index contributed by atoms with van der Waals surface area (Å²) in [6.07, 6.45) is 1.25. The molecule has 0 spiro atoms. The van der Waals surface area contributed by atoms with E-state index in [1.807, 2.05) is 0 Å². The summed E-state index contributed by atoms with van der Waals surface area (Å²) in [7, 11) is 0. The van der Waals surface area contributed by atoms with E-state index in [0.29, 0.717) is 12.0 Å². The number of hydrogen-bond donors (Lipinski definition) is 3. The van der Waals surface area contributed by atoms with Crippen LogP contribution >= 0.6 is 11.8 Å². The Kier molecular flexibility index (Phi) is 3.41. The van der Waals surface area contributed by atoms with Crippen molar-refractivity contribution >= 4 is 11.8 Å². The largest absolute Gasteiger partial charge is 0.395 e.